The first kappa shape index (κ1) is 44.9. The standard InChI is InChI=1S/C50H74O14/c1-25(24-51)14-28-17-37(52)50(8)41(54-28)19-33-34(61-50)18-32-29(55-33)10-9-12-46(4)42(58-32)23-49(7)40(62-46)21-39-47(5,64-49)13-11-30-44(60-39)26(2)15-31-36(56-30)22-48(6)38(57-31)20-35-45(63-48)27(3)16-43(53)59-35/h9-10,16,25-26,28-42,44-45,51-52H,11-15,17-24H2,1-8H3/b10-9-/t25?,26-,28?,29?,30?,31?,32?,33?,34?,35?,36?,37?,38?,39?,40?,41?,42?,44?,45?,46-,47-,48+,49+,50+/m1/s1. The molecule has 11 aliphatic heterocycles. The zero-order chi connectivity index (χ0) is 44.7. The van der Waals surface area contributed by atoms with E-state index in [-0.39, 0.29) is 122 Å². The Morgan fingerprint density at radius 1 is 0.703 bits per heavy atom. The second-order valence-electron chi connectivity index (χ2n) is 23.2. The highest BCUT2D eigenvalue weighted by Crippen LogP contribution is 2.55. The lowest BCUT2D eigenvalue weighted by atomic mass is 9.72. The minimum absolute atomic E-state index is 0.0936. The maximum atomic E-state index is 12.3. The van der Waals surface area contributed by atoms with Crippen molar-refractivity contribution in [3.8, 4) is 0 Å². The van der Waals surface area contributed by atoms with E-state index in [2.05, 4.69) is 46.8 Å². The molecule has 9 saturated heterocycles. The fourth-order valence-corrected chi connectivity index (χ4v) is 14.2. The molecule has 0 aliphatic carbocycles. The molecule has 14 nitrogen and oxygen atoms in total. The zero-order valence-electron chi connectivity index (χ0n) is 39.2. The lowest BCUT2D eigenvalue weighted by Gasteiger charge is -2.60. The van der Waals surface area contributed by atoms with Gasteiger partial charge in [-0.05, 0) is 91.1 Å². The predicted molar refractivity (Wildman–Crippen MR) is 229 cm³/mol. The molecule has 0 radical (unpaired) electrons. The van der Waals surface area contributed by atoms with Crippen molar-refractivity contribution in [1.82, 2.24) is 0 Å². The largest absolute Gasteiger partial charge is 0.456 e. The van der Waals surface area contributed by atoms with E-state index in [0.717, 1.165) is 24.8 Å². The van der Waals surface area contributed by atoms with Gasteiger partial charge in [0.2, 0.25) is 0 Å². The monoisotopic (exact) mass is 899 g/mol. The van der Waals surface area contributed by atoms with E-state index in [0.29, 0.717) is 57.8 Å². The van der Waals surface area contributed by atoms with Crippen LogP contribution in [0.25, 0.3) is 0 Å². The van der Waals surface area contributed by atoms with Crippen LogP contribution in [0.3, 0.4) is 0 Å². The third kappa shape index (κ3) is 7.54. The molecule has 11 heterocycles. The number of carbonyl (C=O) groups excluding carboxylic acids is 1. The van der Waals surface area contributed by atoms with E-state index in [9.17, 15) is 15.0 Å². The summed E-state index contributed by atoms with van der Waals surface area (Å²) in [4.78, 5) is 12.3. The van der Waals surface area contributed by atoms with Gasteiger partial charge < -0.3 is 62.3 Å². The van der Waals surface area contributed by atoms with Crippen LogP contribution in [0.4, 0.5) is 0 Å². The minimum atomic E-state index is -0.856. The molecule has 0 saturated carbocycles. The number of carbonyl (C=O) groups is 1. The van der Waals surface area contributed by atoms with Crippen LogP contribution in [0.1, 0.15) is 132 Å². The number of hydrogen-bond acceptors (Lipinski definition) is 14. The Labute approximate surface area is 378 Å². The Hall–Kier alpha value is -1.53. The van der Waals surface area contributed by atoms with Gasteiger partial charge in [0.25, 0.3) is 0 Å². The van der Waals surface area contributed by atoms with Gasteiger partial charge in [-0.25, -0.2) is 4.79 Å². The van der Waals surface area contributed by atoms with Gasteiger partial charge in [0.1, 0.15) is 23.9 Å². The van der Waals surface area contributed by atoms with E-state index in [1.54, 1.807) is 6.08 Å². The molecule has 2 N–H and O–H groups in total. The Balaban J connectivity index is 0.775. The summed E-state index contributed by atoms with van der Waals surface area (Å²) in [5.41, 5.74) is -2.31. The SMILES string of the molecule is CC1=CC(=O)OC2CC3OC4C[C@@H](C)C5OC6CC7O[C@]8(C)C/C=C\C9OC%10CC%11OC(CC(C)CO)CC(O)[C@]%11(C)OC%10CC9OC8C[C@]7(C)O[C@]6(C)CCC5OC4C[C@]3(C)OC12. The highest BCUT2D eigenvalue weighted by molar-refractivity contribution is 5.84. The number of aliphatic hydroxyl groups excluding tert-OH is 2. The van der Waals surface area contributed by atoms with E-state index in [1.165, 1.54) is 0 Å². The fraction of sp³-hybridized carbons (Fsp3) is 0.900. The van der Waals surface area contributed by atoms with Crippen molar-refractivity contribution < 1.29 is 67.1 Å². The van der Waals surface area contributed by atoms with Crippen LogP contribution in [-0.2, 0) is 56.9 Å². The topological polar surface area (TPSA) is 159 Å². The van der Waals surface area contributed by atoms with Crippen LogP contribution in [0.2, 0.25) is 0 Å². The van der Waals surface area contributed by atoms with Crippen LogP contribution in [0, 0.1) is 11.8 Å². The molecule has 0 bridgehead atoms. The Kier molecular flexibility index (Phi) is 11.2. The highest BCUT2D eigenvalue weighted by Gasteiger charge is 2.64. The van der Waals surface area contributed by atoms with Crippen LogP contribution < -0.4 is 0 Å². The third-order valence-corrected chi connectivity index (χ3v) is 18.1. The van der Waals surface area contributed by atoms with E-state index >= 15 is 0 Å². The molecule has 64 heavy (non-hydrogen) atoms. The smallest absolute Gasteiger partial charge is 0.331 e. The molecule has 0 spiro atoms. The van der Waals surface area contributed by atoms with Gasteiger partial charge in [0.05, 0.1) is 108 Å². The zero-order valence-corrected chi connectivity index (χ0v) is 39.2. The van der Waals surface area contributed by atoms with Crippen molar-refractivity contribution in [2.75, 3.05) is 6.61 Å². The quantitative estimate of drug-likeness (QED) is 0.276. The van der Waals surface area contributed by atoms with Crippen molar-refractivity contribution in [1.29, 1.82) is 0 Å². The third-order valence-electron chi connectivity index (χ3n) is 18.1. The first-order valence-corrected chi connectivity index (χ1v) is 24.9. The van der Waals surface area contributed by atoms with Gasteiger partial charge in [-0.3, -0.25) is 0 Å². The van der Waals surface area contributed by atoms with E-state index < -0.39 is 34.1 Å². The molecular weight excluding hydrogens is 825 g/mol. The lowest BCUT2D eigenvalue weighted by Crippen LogP contribution is -2.70. The van der Waals surface area contributed by atoms with Gasteiger partial charge in [0.15, 0.2) is 0 Å². The van der Waals surface area contributed by atoms with Crippen LogP contribution in [0.5, 0.6) is 0 Å². The summed E-state index contributed by atoms with van der Waals surface area (Å²) in [5, 5.41) is 21.2. The second kappa shape index (κ2) is 16.0. The molecule has 0 aromatic rings. The van der Waals surface area contributed by atoms with Crippen molar-refractivity contribution in [3.63, 3.8) is 0 Å². The van der Waals surface area contributed by atoms with Crippen LogP contribution >= 0.6 is 0 Å². The molecule has 0 amide bonds. The molecule has 0 aromatic heterocycles. The van der Waals surface area contributed by atoms with Gasteiger partial charge in [-0.2, -0.15) is 0 Å². The molecule has 11 rings (SSSR count). The predicted octanol–water partition coefficient (Wildman–Crippen LogP) is 5.35. The van der Waals surface area contributed by atoms with Crippen molar-refractivity contribution in [2.24, 2.45) is 11.8 Å². The van der Waals surface area contributed by atoms with Gasteiger partial charge in [0, 0.05) is 57.6 Å². The van der Waals surface area contributed by atoms with E-state index in [1.807, 2.05) is 20.8 Å². The first-order valence-electron chi connectivity index (χ1n) is 24.9. The highest BCUT2D eigenvalue weighted by atomic mass is 16.7. The molecule has 9 fully saturated rings. The van der Waals surface area contributed by atoms with Crippen LogP contribution in [-0.4, -0.2) is 155 Å². The number of hydrogen-bond donors (Lipinski definition) is 2. The second-order valence-corrected chi connectivity index (χ2v) is 23.2. The number of rotatable bonds is 3. The summed E-state index contributed by atoms with van der Waals surface area (Å²) in [6.45, 7) is 17.0. The molecule has 11 aliphatic rings. The summed E-state index contributed by atoms with van der Waals surface area (Å²) in [6, 6.07) is 0. The summed E-state index contributed by atoms with van der Waals surface area (Å²) < 4.78 is 75.9. The number of fused-ring (bicyclic) bond motifs is 10. The van der Waals surface area contributed by atoms with Crippen molar-refractivity contribution in [2.45, 2.75) is 264 Å². The maximum Gasteiger partial charge on any atom is 0.331 e. The van der Waals surface area contributed by atoms with Gasteiger partial charge >= 0.3 is 5.97 Å². The summed E-state index contributed by atoms with van der Waals surface area (Å²) in [5.74, 6) is -0.0407. The Morgan fingerprint density at radius 3 is 2.28 bits per heavy atom. The maximum absolute atomic E-state index is 12.3. The van der Waals surface area contributed by atoms with E-state index in [4.69, 9.17) is 52.1 Å². The average molecular weight is 899 g/mol. The fourth-order valence-electron chi connectivity index (χ4n) is 14.2. The number of ether oxygens (including phenoxy) is 11. The molecule has 18 unspecified atom stereocenters. The van der Waals surface area contributed by atoms with Crippen molar-refractivity contribution in [3.05, 3.63) is 23.8 Å². The summed E-state index contributed by atoms with van der Waals surface area (Å²) in [7, 11) is 0. The normalized spacial score (nSPS) is 57.6. The van der Waals surface area contributed by atoms with Gasteiger partial charge in [-0.1, -0.05) is 26.0 Å². The Bertz CT molecular complexity index is 1860. The lowest BCUT2D eigenvalue weighted by molar-refractivity contribution is -0.356. The van der Waals surface area contributed by atoms with Crippen molar-refractivity contribution >= 4 is 5.97 Å². The molecule has 0 aromatic carbocycles. The molecule has 14 heteroatoms. The molecule has 24 atom stereocenters. The van der Waals surface area contributed by atoms with Crippen LogP contribution in [0.15, 0.2) is 23.8 Å². The Morgan fingerprint density at radius 2 is 1.47 bits per heavy atom. The molecule has 358 valence electrons. The summed E-state index contributed by atoms with van der Waals surface area (Å²) >= 11 is 0. The average Bonchev–Trinajstić information content (AvgIpc) is 3.43. The minimum Gasteiger partial charge on any atom is -0.456 e. The van der Waals surface area contributed by atoms with Gasteiger partial charge in [-0.15, -0.1) is 0 Å². The summed E-state index contributed by atoms with van der Waals surface area (Å²) in [6.07, 6.45) is 9.96. The number of esters is 1. The number of aliphatic hydroxyl groups is 2. The molecular formula is C50H74O14. The first-order chi connectivity index (χ1) is 30.4.